The summed E-state index contributed by atoms with van der Waals surface area (Å²) >= 11 is 5.64. The van der Waals surface area contributed by atoms with Gasteiger partial charge in [-0.15, -0.1) is 11.6 Å². The lowest BCUT2D eigenvalue weighted by Gasteiger charge is -2.09. The number of para-hydroxylation sites is 1. The Morgan fingerprint density at radius 2 is 2.12 bits per heavy atom. The van der Waals surface area contributed by atoms with Crippen molar-refractivity contribution >= 4 is 22.5 Å². The molecule has 1 heterocycles. The minimum absolute atomic E-state index is 0.0215. The molecule has 0 aliphatic rings. The fourth-order valence-corrected chi connectivity index (χ4v) is 1.88. The largest absolute Gasteiger partial charge is 0.296 e. The van der Waals surface area contributed by atoms with Crippen LogP contribution in [0.5, 0.6) is 0 Å². The molecule has 0 N–H and O–H groups in total. The Hall–Kier alpha value is -1.35. The fourth-order valence-electron chi connectivity index (χ4n) is 1.76. The highest BCUT2D eigenvalue weighted by atomic mass is 35.5. The molecule has 0 saturated carbocycles. The summed E-state index contributed by atoms with van der Waals surface area (Å²) in [6.07, 6.45) is 0.780. The number of hydrogen-bond acceptors (Lipinski definition) is 2. The number of hydrogen-bond donors (Lipinski definition) is 0. The molecule has 0 atom stereocenters. The van der Waals surface area contributed by atoms with Gasteiger partial charge in [0, 0.05) is 12.4 Å². The third kappa shape index (κ3) is 1.95. The van der Waals surface area contributed by atoms with Crippen LogP contribution in [0.2, 0.25) is 0 Å². The van der Waals surface area contributed by atoms with Crippen LogP contribution in [0.3, 0.4) is 0 Å². The third-order valence-corrected chi connectivity index (χ3v) is 2.84. The third-order valence-electron chi connectivity index (χ3n) is 2.57. The highest BCUT2D eigenvalue weighted by Crippen LogP contribution is 2.07. The minimum Gasteiger partial charge on any atom is -0.296 e. The molecule has 0 radical (unpaired) electrons. The standard InChI is InChI=1S/C12H13ClN2O/c1-9-14-11-6-3-2-5-10(11)12(16)15(9)8-4-7-13/h2-3,5-6H,4,7-8H2,1H3. The van der Waals surface area contributed by atoms with E-state index >= 15 is 0 Å². The molecular weight excluding hydrogens is 224 g/mol. The molecule has 3 nitrogen and oxygen atoms in total. The van der Waals surface area contributed by atoms with Gasteiger partial charge in [-0.25, -0.2) is 4.98 Å². The summed E-state index contributed by atoms with van der Waals surface area (Å²) in [5, 5.41) is 0.669. The van der Waals surface area contributed by atoms with E-state index in [0.717, 1.165) is 17.8 Å². The summed E-state index contributed by atoms with van der Waals surface area (Å²) in [6, 6.07) is 7.40. The first kappa shape index (κ1) is 11.1. The first-order chi connectivity index (χ1) is 7.74. The van der Waals surface area contributed by atoms with Gasteiger partial charge >= 0.3 is 0 Å². The molecule has 2 rings (SSSR count). The van der Waals surface area contributed by atoms with Gasteiger partial charge in [0.1, 0.15) is 5.82 Å². The van der Waals surface area contributed by atoms with Crippen LogP contribution in [-0.4, -0.2) is 15.4 Å². The Bertz CT molecular complexity index is 562. The van der Waals surface area contributed by atoms with Crippen molar-refractivity contribution in [2.24, 2.45) is 0 Å². The van der Waals surface area contributed by atoms with Crippen molar-refractivity contribution in [3.63, 3.8) is 0 Å². The van der Waals surface area contributed by atoms with E-state index in [1.807, 2.05) is 25.1 Å². The Morgan fingerprint density at radius 1 is 1.38 bits per heavy atom. The maximum absolute atomic E-state index is 12.1. The number of rotatable bonds is 3. The summed E-state index contributed by atoms with van der Waals surface area (Å²) in [6.45, 7) is 2.48. The van der Waals surface area contributed by atoms with Crippen LogP contribution < -0.4 is 5.56 Å². The minimum atomic E-state index is 0.0215. The molecule has 4 heteroatoms. The van der Waals surface area contributed by atoms with Crippen molar-refractivity contribution in [1.82, 2.24) is 9.55 Å². The average Bonchev–Trinajstić information content (AvgIpc) is 2.29. The first-order valence-electron chi connectivity index (χ1n) is 5.26. The van der Waals surface area contributed by atoms with Crippen LogP contribution in [0, 0.1) is 6.92 Å². The van der Waals surface area contributed by atoms with Crippen molar-refractivity contribution in [2.75, 3.05) is 5.88 Å². The summed E-state index contributed by atoms with van der Waals surface area (Å²) in [4.78, 5) is 16.5. The van der Waals surface area contributed by atoms with Gasteiger partial charge in [-0.2, -0.15) is 0 Å². The zero-order valence-corrected chi connectivity index (χ0v) is 9.87. The van der Waals surface area contributed by atoms with E-state index in [0.29, 0.717) is 17.8 Å². The van der Waals surface area contributed by atoms with E-state index < -0.39 is 0 Å². The summed E-state index contributed by atoms with van der Waals surface area (Å²) in [5.41, 5.74) is 0.778. The second-order valence-corrected chi connectivity index (χ2v) is 4.05. The normalized spacial score (nSPS) is 10.9. The van der Waals surface area contributed by atoms with Crippen LogP contribution in [0.25, 0.3) is 10.9 Å². The van der Waals surface area contributed by atoms with E-state index in [-0.39, 0.29) is 5.56 Å². The SMILES string of the molecule is Cc1nc2ccccc2c(=O)n1CCCCl. The van der Waals surface area contributed by atoms with Crippen molar-refractivity contribution in [1.29, 1.82) is 0 Å². The second-order valence-electron chi connectivity index (χ2n) is 3.68. The van der Waals surface area contributed by atoms with E-state index in [1.54, 1.807) is 10.6 Å². The predicted molar refractivity (Wildman–Crippen MR) is 66.1 cm³/mol. The van der Waals surface area contributed by atoms with Gasteiger partial charge in [0.15, 0.2) is 0 Å². The van der Waals surface area contributed by atoms with Crippen LogP contribution in [0.1, 0.15) is 12.2 Å². The van der Waals surface area contributed by atoms with Gasteiger partial charge in [0.05, 0.1) is 10.9 Å². The average molecular weight is 237 g/mol. The van der Waals surface area contributed by atoms with Gasteiger partial charge in [0.25, 0.3) is 5.56 Å². The van der Waals surface area contributed by atoms with E-state index in [9.17, 15) is 4.79 Å². The first-order valence-corrected chi connectivity index (χ1v) is 5.79. The Labute approximate surface area is 98.7 Å². The maximum atomic E-state index is 12.1. The zero-order valence-electron chi connectivity index (χ0n) is 9.11. The summed E-state index contributed by atoms with van der Waals surface area (Å²) in [5.74, 6) is 1.30. The van der Waals surface area contributed by atoms with Crippen molar-refractivity contribution in [3.05, 3.63) is 40.4 Å². The van der Waals surface area contributed by atoms with Gasteiger partial charge in [0.2, 0.25) is 0 Å². The molecule has 16 heavy (non-hydrogen) atoms. The topological polar surface area (TPSA) is 34.9 Å². The predicted octanol–water partition coefficient (Wildman–Crippen LogP) is 2.33. The van der Waals surface area contributed by atoms with Gasteiger partial charge in [-0.3, -0.25) is 9.36 Å². The molecule has 2 aromatic rings. The van der Waals surface area contributed by atoms with E-state index in [1.165, 1.54) is 0 Å². The number of alkyl halides is 1. The number of nitrogens with zero attached hydrogens (tertiary/aromatic N) is 2. The van der Waals surface area contributed by atoms with Crippen molar-refractivity contribution < 1.29 is 0 Å². The van der Waals surface area contributed by atoms with Gasteiger partial charge < -0.3 is 0 Å². The second kappa shape index (κ2) is 4.66. The maximum Gasteiger partial charge on any atom is 0.261 e. The summed E-state index contributed by atoms with van der Waals surface area (Å²) < 4.78 is 1.69. The quantitative estimate of drug-likeness (QED) is 0.767. The number of halogens is 1. The molecule has 0 aliphatic heterocycles. The molecule has 0 saturated heterocycles. The molecule has 1 aromatic carbocycles. The van der Waals surface area contributed by atoms with Crippen molar-refractivity contribution in [3.8, 4) is 0 Å². The molecular formula is C12H13ClN2O. The highest BCUT2D eigenvalue weighted by Gasteiger charge is 2.06. The number of fused-ring (bicyclic) bond motifs is 1. The number of aromatic nitrogens is 2. The molecule has 1 aromatic heterocycles. The number of aryl methyl sites for hydroxylation is 1. The van der Waals surface area contributed by atoms with Crippen molar-refractivity contribution in [2.45, 2.75) is 19.9 Å². The smallest absolute Gasteiger partial charge is 0.261 e. The Kier molecular flexibility index (Phi) is 3.25. The molecule has 84 valence electrons. The molecule has 0 amide bonds. The monoisotopic (exact) mass is 236 g/mol. The molecule has 0 fully saturated rings. The fraction of sp³-hybridized carbons (Fsp3) is 0.333. The lowest BCUT2D eigenvalue weighted by Crippen LogP contribution is -2.24. The molecule has 0 spiro atoms. The van der Waals surface area contributed by atoms with Crippen LogP contribution in [0.4, 0.5) is 0 Å². The highest BCUT2D eigenvalue weighted by molar-refractivity contribution is 6.17. The Morgan fingerprint density at radius 3 is 2.88 bits per heavy atom. The van der Waals surface area contributed by atoms with Gasteiger partial charge in [-0.1, -0.05) is 12.1 Å². The lowest BCUT2D eigenvalue weighted by atomic mass is 10.2. The van der Waals surface area contributed by atoms with Gasteiger partial charge in [-0.05, 0) is 25.5 Å². The lowest BCUT2D eigenvalue weighted by molar-refractivity contribution is 0.628. The van der Waals surface area contributed by atoms with Crippen LogP contribution in [0.15, 0.2) is 29.1 Å². The molecule has 0 unspecified atom stereocenters. The molecule has 0 bridgehead atoms. The van der Waals surface area contributed by atoms with Crippen LogP contribution >= 0.6 is 11.6 Å². The van der Waals surface area contributed by atoms with Crippen LogP contribution in [-0.2, 0) is 6.54 Å². The molecule has 0 aliphatic carbocycles. The summed E-state index contributed by atoms with van der Waals surface area (Å²) in [7, 11) is 0. The van der Waals surface area contributed by atoms with E-state index in [4.69, 9.17) is 11.6 Å². The van der Waals surface area contributed by atoms with E-state index in [2.05, 4.69) is 4.98 Å². The number of benzene rings is 1. The Balaban J connectivity index is 2.61. The zero-order chi connectivity index (χ0) is 11.5.